The number of carboxylic acids is 1. The lowest BCUT2D eigenvalue weighted by Gasteiger charge is -2.20. The summed E-state index contributed by atoms with van der Waals surface area (Å²) < 4.78 is 32.9. The first-order valence-corrected chi connectivity index (χ1v) is 5.32. The number of hydrogen-bond acceptors (Lipinski definition) is 5. The molecule has 1 atom stereocenters. The summed E-state index contributed by atoms with van der Waals surface area (Å²) >= 11 is 0. The van der Waals surface area contributed by atoms with Gasteiger partial charge in [-0.2, -0.15) is 0 Å². The lowest BCUT2D eigenvalue weighted by molar-refractivity contribution is -0.308. The van der Waals surface area contributed by atoms with Crippen LogP contribution >= 0.6 is 7.60 Å². The van der Waals surface area contributed by atoms with E-state index >= 15 is 0 Å². The van der Waals surface area contributed by atoms with E-state index in [9.17, 15) is 18.9 Å². The van der Waals surface area contributed by atoms with Crippen molar-refractivity contribution in [2.45, 2.75) is 19.8 Å². The minimum absolute atomic E-state index is 0.0923. The van der Waals surface area contributed by atoms with Gasteiger partial charge in [-0.3, -0.25) is 4.57 Å². The summed E-state index contributed by atoms with van der Waals surface area (Å²) in [6.07, 6.45) is 0. The highest BCUT2D eigenvalue weighted by atomic mass is 31.2. The Kier molecular flexibility index (Phi) is 5.13. The highest BCUT2D eigenvalue weighted by Gasteiger charge is 2.36. The third-order valence-electron chi connectivity index (χ3n) is 1.09. The quantitative estimate of drug-likeness (QED) is 0.593. The molecule has 0 fully saturated rings. The van der Waals surface area contributed by atoms with Crippen LogP contribution in [0.4, 0.5) is 4.39 Å². The molecule has 1 unspecified atom stereocenters. The molecule has 0 aliphatic heterocycles. The zero-order valence-electron chi connectivity index (χ0n) is 7.36. The van der Waals surface area contributed by atoms with Gasteiger partial charge in [0.1, 0.15) is 0 Å². The Labute approximate surface area is 75.4 Å². The van der Waals surface area contributed by atoms with Gasteiger partial charge in [0.15, 0.2) is 0 Å². The molecule has 0 bridgehead atoms. The van der Waals surface area contributed by atoms with E-state index in [2.05, 4.69) is 9.05 Å². The van der Waals surface area contributed by atoms with Crippen molar-refractivity contribution in [3.05, 3.63) is 0 Å². The van der Waals surface area contributed by atoms with E-state index in [0.717, 1.165) is 0 Å². The van der Waals surface area contributed by atoms with Crippen LogP contribution < -0.4 is 5.11 Å². The molecule has 0 saturated carbocycles. The van der Waals surface area contributed by atoms with Crippen LogP contribution in [0.1, 0.15) is 13.8 Å². The molecule has 0 radical (unpaired) electrons. The van der Waals surface area contributed by atoms with E-state index in [1.54, 1.807) is 0 Å². The second-order valence-electron chi connectivity index (χ2n) is 2.03. The van der Waals surface area contributed by atoms with Gasteiger partial charge < -0.3 is 18.9 Å². The van der Waals surface area contributed by atoms with Crippen molar-refractivity contribution in [2.24, 2.45) is 0 Å². The van der Waals surface area contributed by atoms with Crippen LogP contribution in [0.25, 0.3) is 0 Å². The zero-order chi connectivity index (χ0) is 10.5. The van der Waals surface area contributed by atoms with Crippen molar-refractivity contribution in [2.75, 3.05) is 13.2 Å². The largest absolute Gasteiger partial charge is 0.546 e. The lowest BCUT2D eigenvalue weighted by Crippen LogP contribution is -2.33. The Morgan fingerprint density at radius 3 is 2.08 bits per heavy atom. The Bertz CT molecular complexity index is 209. The first kappa shape index (κ1) is 12.6. The first-order chi connectivity index (χ1) is 5.98. The molecule has 0 saturated heterocycles. The maximum absolute atomic E-state index is 12.8. The molecular formula is C6H11FO5P-. The molecule has 13 heavy (non-hydrogen) atoms. The van der Waals surface area contributed by atoms with Crippen molar-refractivity contribution in [1.29, 1.82) is 0 Å². The number of rotatable bonds is 6. The average molecular weight is 213 g/mol. The third-order valence-corrected chi connectivity index (χ3v) is 3.09. The van der Waals surface area contributed by atoms with Crippen molar-refractivity contribution in [3.8, 4) is 0 Å². The SMILES string of the molecule is CCOP(=O)(OCC)C(F)C(=O)[O-]. The highest BCUT2D eigenvalue weighted by Crippen LogP contribution is 2.53. The van der Waals surface area contributed by atoms with Gasteiger partial charge in [-0.1, -0.05) is 0 Å². The summed E-state index contributed by atoms with van der Waals surface area (Å²) in [5, 5.41) is 10.1. The number of aliphatic carboxylic acids is 1. The van der Waals surface area contributed by atoms with Gasteiger partial charge in [-0.15, -0.1) is 0 Å². The first-order valence-electron chi connectivity index (χ1n) is 3.71. The summed E-state index contributed by atoms with van der Waals surface area (Å²) in [4.78, 5) is 10.1. The van der Waals surface area contributed by atoms with Gasteiger partial charge in [0.25, 0.3) is 0 Å². The summed E-state index contributed by atoms with van der Waals surface area (Å²) in [6.45, 7) is 2.72. The molecule has 0 aromatic heterocycles. The summed E-state index contributed by atoms with van der Waals surface area (Å²) in [5.41, 5.74) is 0. The standard InChI is InChI=1S/C6H12FO5P/c1-3-11-13(10,12-4-2)5(7)6(8)9/h5H,3-4H2,1-2H3,(H,8,9)/p-1. The minimum atomic E-state index is -4.20. The third kappa shape index (κ3) is 3.42. The Hall–Kier alpha value is -0.450. The molecule has 0 amide bonds. The molecule has 0 spiro atoms. The van der Waals surface area contributed by atoms with E-state index in [1.807, 2.05) is 0 Å². The maximum Gasteiger partial charge on any atom is 0.370 e. The normalized spacial score (nSPS) is 14.1. The molecule has 0 aliphatic carbocycles. The van der Waals surface area contributed by atoms with Gasteiger partial charge in [0, 0.05) is 0 Å². The zero-order valence-corrected chi connectivity index (χ0v) is 8.25. The van der Waals surface area contributed by atoms with E-state index in [4.69, 9.17) is 0 Å². The molecule has 0 aromatic rings. The Morgan fingerprint density at radius 1 is 1.46 bits per heavy atom. The van der Waals surface area contributed by atoms with E-state index in [0.29, 0.717) is 0 Å². The highest BCUT2D eigenvalue weighted by molar-refractivity contribution is 7.55. The number of carboxylic acid groups (broad SMARTS) is 1. The Morgan fingerprint density at radius 2 is 1.85 bits per heavy atom. The summed E-state index contributed by atoms with van der Waals surface area (Å²) in [5.74, 6) is -4.82. The number of halogens is 1. The molecular weight excluding hydrogens is 202 g/mol. The number of carbonyl (C=O) groups excluding carboxylic acids is 1. The van der Waals surface area contributed by atoms with Gasteiger partial charge in [-0.25, -0.2) is 4.39 Å². The number of carbonyl (C=O) groups is 1. The predicted octanol–water partition coefficient (Wildman–Crippen LogP) is 0.298. The van der Waals surface area contributed by atoms with Crippen LogP contribution in [0.2, 0.25) is 0 Å². The van der Waals surface area contributed by atoms with Crippen LogP contribution in [0.5, 0.6) is 0 Å². The van der Waals surface area contributed by atoms with E-state index in [1.165, 1.54) is 13.8 Å². The lowest BCUT2D eigenvalue weighted by atomic mass is 10.8. The average Bonchev–Trinajstić information content (AvgIpc) is 2.03. The van der Waals surface area contributed by atoms with Crippen LogP contribution in [-0.2, 0) is 18.4 Å². The van der Waals surface area contributed by atoms with Gasteiger partial charge in [-0.05, 0) is 13.8 Å². The molecule has 0 N–H and O–H groups in total. The molecule has 0 aliphatic rings. The maximum atomic E-state index is 12.8. The fraction of sp³-hybridized carbons (Fsp3) is 0.833. The van der Waals surface area contributed by atoms with E-state index < -0.39 is 19.5 Å². The molecule has 78 valence electrons. The smallest absolute Gasteiger partial charge is 0.370 e. The predicted molar refractivity (Wildman–Crippen MR) is 40.8 cm³/mol. The Balaban J connectivity index is 4.57. The van der Waals surface area contributed by atoms with Crippen molar-refractivity contribution in [3.63, 3.8) is 0 Å². The molecule has 0 aromatic carbocycles. The van der Waals surface area contributed by atoms with Crippen molar-refractivity contribution >= 4 is 13.6 Å². The number of hydrogen-bond donors (Lipinski definition) is 0. The fourth-order valence-corrected chi connectivity index (χ4v) is 1.97. The van der Waals surface area contributed by atoms with E-state index in [-0.39, 0.29) is 13.2 Å². The minimum Gasteiger partial charge on any atom is -0.546 e. The molecule has 5 nitrogen and oxygen atoms in total. The van der Waals surface area contributed by atoms with Crippen LogP contribution in [-0.4, -0.2) is 25.1 Å². The fourth-order valence-electron chi connectivity index (χ4n) is 0.657. The van der Waals surface area contributed by atoms with Crippen LogP contribution in [0.3, 0.4) is 0 Å². The van der Waals surface area contributed by atoms with Gasteiger partial charge in [0.2, 0.25) is 5.91 Å². The second kappa shape index (κ2) is 5.32. The molecule has 0 heterocycles. The van der Waals surface area contributed by atoms with Crippen LogP contribution in [0.15, 0.2) is 0 Å². The van der Waals surface area contributed by atoms with Gasteiger partial charge in [0.05, 0.1) is 19.2 Å². The molecule has 7 heteroatoms. The van der Waals surface area contributed by atoms with Crippen LogP contribution in [0, 0.1) is 0 Å². The van der Waals surface area contributed by atoms with Gasteiger partial charge >= 0.3 is 7.60 Å². The summed E-state index contributed by atoms with van der Waals surface area (Å²) in [7, 11) is -4.20. The summed E-state index contributed by atoms with van der Waals surface area (Å²) in [6, 6.07) is 0. The van der Waals surface area contributed by atoms with Crippen molar-refractivity contribution in [1.82, 2.24) is 0 Å². The topological polar surface area (TPSA) is 75.7 Å². The van der Waals surface area contributed by atoms with Crippen molar-refractivity contribution < 1.29 is 27.9 Å². The molecule has 0 rings (SSSR count). The monoisotopic (exact) mass is 213 g/mol. The number of alkyl halides is 1. The second-order valence-corrected chi connectivity index (χ2v) is 4.08.